The maximum atomic E-state index is 11.9. The summed E-state index contributed by atoms with van der Waals surface area (Å²) in [5, 5.41) is 6.40. The molecule has 0 saturated carbocycles. The largest absolute Gasteiger partial charge is 0.496 e. The molecule has 1 fully saturated rings. The Morgan fingerprint density at radius 2 is 2.05 bits per heavy atom. The minimum Gasteiger partial charge on any atom is -0.496 e. The van der Waals surface area contributed by atoms with Gasteiger partial charge in [-0.05, 0) is 44.0 Å². The minimum absolute atomic E-state index is 0. The lowest BCUT2D eigenvalue weighted by atomic mass is 10.1. The molecule has 1 aliphatic heterocycles. The number of benzene rings is 1. The summed E-state index contributed by atoms with van der Waals surface area (Å²) in [5.41, 5.74) is 1.09. The molecule has 1 aliphatic rings. The van der Waals surface area contributed by atoms with E-state index in [9.17, 15) is 4.79 Å². The van der Waals surface area contributed by atoms with Crippen molar-refractivity contribution < 1.29 is 9.53 Å². The second kappa shape index (κ2) is 8.82. The van der Waals surface area contributed by atoms with Gasteiger partial charge in [0.25, 0.3) is 0 Å². The SMILES string of the molecule is COc1ccccc1CCC(=O)NC1CCNCC1.Cl. The molecule has 5 heteroatoms. The van der Waals surface area contributed by atoms with Gasteiger partial charge < -0.3 is 15.4 Å². The monoisotopic (exact) mass is 298 g/mol. The van der Waals surface area contributed by atoms with E-state index in [-0.39, 0.29) is 18.3 Å². The Bertz CT molecular complexity index is 420. The Labute approximate surface area is 126 Å². The van der Waals surface area contributed by atoms with Gasteiger partial charge >= 0.3 is 0 Å². The van der Waals surface area contributed by atoms with Gasteiger partial charge in [0.05, 0.1) is 7.11 Å². The van der Waals surface area contributed by atoms with E-state index in [2.05, 4.69) is 10.6 Å². The average Bonchev–Trinajstić information content (AvgIpc) is 2.46. The van der Waals surface area contributed by atoms with Crippen LogP contribution in [0.25, 0.3) is 0 Å². The molecule has 0 aliphatic carbocycles. The van der Waals surface area contributed by atoms with E-state index < -0.39 is 0 Å². The number of ether oxygens (including phenoxy) is 1. The third-order valence-electron chi connectivity index (χ3n) is 3.52. The van der Waals surface area contributed by atoms with Crippen LogP contribution in [0.4, 0.5) is 0 Å². The number of rotatable bonds is 5. The summed E-state index contributed by atoms with van der Waals surface area (Å²) < 4.78 is 5.29. The lowest BCUT2D eigenvalue weighted by molar-refractivity contribution is -0.121. The molecule has 20 heavy (non-hydrogen) atoms. The zero-order valence-corrected chi connectivity index (χ0v) is 12.7. The molecule has 1 aromatic carbocycles. The highest BCUT2D eigenvalue weighted by Gasteiger charge is 2.15. The van der Waals surface area contributed by atoms with Crippen molar-refractivity contribution in [3.05, 3.63) is 29.8 Å². The fourth-order valence-electron chi connectivity index (χ4n) is 2.42. The molecule has 0 atom stereocenters. The average molecular weight is 299 g/mol. The smallest absolute Gasteiger partial charge is 0.220 e. The number of piperidine rings is 1. The molecule has 0 aromatic heterocycles. The van der Waals surface area contributed by atoms with E-state index >= 15 is 0 Å². The number of para-hydroxylation sites is 1. The number of hydrogen-bond acceptors (Lipinski definition) is 3. The van der Waals surface area contributed by atoms with Gasteiger partial charge in [0.2, 0.25) is 5.91 Å². The topological polar surface area (TPSA) is 50.4 Å². The molecule has 2 N–H and O–H groups in total. The summed E-state index contributed by atoms with van der Waals surface area (Å²) in [6, 6.07) is 8.20. The molecule has 0 bridgehead atoms. The van der Waals surface area contributed by atoms with Crippen molar-refractivity contribution in [1.82, 2.24) is 10.6 Å². The molecule has 1 aromatic rings. The van der Waals surface area contributed by atoms with Crippen molar-refractivity contribution in [2.24, 2.45) is 0 Å². The molecular formula is C15H23ClN2O2. The predicted octanol–water partition coefficient (Wildman–Crippen LogP) is 1.92. The van der Waals surface area contributed by atoms with Crippen LogP contribution < -0.4 is 15.4 Å². The summed E-state index contributed by atoms with van der Waals surface area (Å²) in [6.07, 6.45) is 3.30. The maximum absolute atomic E-state index is 11.9. The molecule has 112 valence electrons. The van der Waals surface area contributed by atoms with E-state index in [1.165, 1.54) is 0 Å². The maximum Gasteiger partial charge on any atom is 0.220 e. The fraction of sp³-hybridized carbons (Fsp3) is 0.533. The zero-order chi connectivity index (χ0) is 13.5. The first-order valence-corrected chi connectivity index (χ1v) is 6.91. The summed E-state index contributed by atoms with van der Waals surface area (Å²) in [5.74, 6) is 0.995. The van der Waals surface area contributed by atoms with Crippen molar-refractivity contribution in [2.75, 3.05) is 20.2 Å². The summed E-state index contributed by atoms with van der Waals surface area (Å²) >= 11 is 0. The molecule has 1 amide bonds. The highest BCUT2D eigenvalue weighted by atomic mass is 35.5. The number of aryl methyl sites for hydroxylation is 1. The number of carbonyl (C=O) groups is 1. The van der Waals surface area contributed by atoms with Crippen molar-refractivity contribution in [2.45, 2.75) is 31.7 Å². The Morgan fingerprint density at radius 3 is 2.75 bits per heavy atom. The molecule has 0 unspecified atom stereocenters. The standard InChI is InChI=1S/C15H22N2O2.ClH/c1-19-14-5-3-2-4-12(14)6-7-15(18)17-13-8-10-16-11-9-13;/h2-5,13,16H,6-11H2,1H3,(H,17,18);1H. The number of halogens is 1. The fourth-order valence-corrected chi connectivity index (χ4v) is 2.42. The summed E-state index contributed by atoms with van der Waals surface area (Å²) in [6.45, 7) is 1.99. The molecule has 1 saturated heterocycles. The normalized spacial score (nSPS) is 15.2. The molecule has 1 heterocycles. The quantitative estimate of drug-likeness (QED) is 0.873. The van der Waals surface area contributed by atoms with Crippen molar-refractivity contribution in [3.8, 4) is 5.75 Å². The van der Waals surface area contributed by atoms with Crippen LogP contribution in [0, 0.1) is 0 Å². The third-order valence-corrected chi connectivity index (χ3v) is 3.52. The number of carbonyl (C=O) groups excluding carboxylic acids is 1. The van der Waals surface area contributed by atoms with Gasteiger partial charge in [-0.3, -0.25) is 4.79 Å². The van der Waals surface area contributed by atoms with Gasteiger partial charge in [-0.2, -0.15) is 0 Å². The minimum atomic E-state index is 0. The van der Waals surface area contributed by atoms with E-state index in [0.29, 0.717) is 12.5 Å². The second-order valence-electron chi connectivity index (χ2n) is 4.90. The molecule has 0 spiro atoms. The van der Waals surface area contributed by atoms with Gasteiger partial charge in [0.15, 0.2) is 0 Å². The lowest BCUT2D eigenvalue weighted by Crippen LogP contribution is -2.42. The molecular weight excluding hydrogens is 276 g/mol. The Morgan fingerprint density at radius 1 is 1.35 bits per heavy atom. The van der Waals surface area contributed by atoms with Crippen LogP contribution in [0.1, 0.15) is 24.8 Å². The van der Waals surface area contributed by atoms with E-state index in [0.717, 1.165) is 43.7 Å². The van der Waals surface area contributed by atoms with Gasteiger partial charge in [-0.1, -0.05) is 18.2 Å². The van der Waals surface area contributed by atoms with Gasteiger partial charge in [-0.15, -0.1) is 12.4 Å². The number of methoxy groups -OCH3 is 1. The van der Waals surface area contributed by atoms with Crippen molar-refractivity contribution >= 4 is 18.3 Å². The predicted molar refractivity (Wildman–Crippen MR) is 82.6 cm³/mol. The van der Waals surface area contributed by atoms with E-state index in [1.54, 1.807) is 7.11 Å². The highest BCUT2D eigenvalue weighted by molar-refractivity contribution is 5.85. The number of amides is 1. The van der Waals surface area contributed by atoms with Crippen LogP contribution in [0.2, 0.25) is 0 Å². The van der Waals surface area contributed by atoms with E-state index in [1.807, 2.05) is 24.3 Å². The van der Waals surface area contributed by atoms with Crippen LogP contribution in [0.5, 0.6) is 5.75 Å². The Hall–Kier alpha value is -1.26. The highest BCUT2D eigenvalue weighted by Crippen LogP contribution is 2.18. The van der Waals surface area contributed by atoms with Crippen LogP contribution in [0.3, 0.4) is 0 Å². The van der Waals surface area contributed by atoms with Crippen molar-refractivity contribution in [3.63, 3.8) is 0 Å². The van der Waals surface area contributed by atoms with Crippen LogP contribution >= 0.6 is 12.4 Å². The molecule has 2 rings (SSSR count). The van der Waals surface area contributed by atoms with Gasteiger partial charge in [-0.25, -0.2) is 0 Å². The first-order chi connectivity index (χ1) is 9.29. The van der Waals surface area contributed by atoms with Gasteiger partial charge in [0.1, 0.15) is 5.75 Å². The third kappa shape index (κ3) is 5.02. The summed E-state index contributed by atoms with van der Waals surface area (Å²) in [7, 11) is 1.66. The van der Waals surface area contributed by atoms with E-state index in [4.69, 9.17) is 4.74 Å². The zero-order valence-electron chi connectivity index (χ0n) is 11.9. The molecule has 0 radical (unpaired) electrons. The van der Waals surface area contributed by atoms with Crippen LogP contribution in [0.15, 0.2) is 24.3 Å². The number of hydrogen-bond donors (Lipinski definition) is 2. The molecule has 4 nitrogen and oxygen atoms in total. The first kappa shape index (κ1) is 16.8. The van der Waals surface area contributed by atoms with Crippen molar-refractivity contribution in [1.29, 1.82) is 0 Å². The Kier molecular flexibility index (Phi) is 7.41. The first-order valence-electron chi connectivity index (χ1n) is 6.91. The summed E-state index contributed by atoms with van der Waals surface area (Å²) in [4.78, 5) is 11.9. The number of nitrogens with one attached hydrogen (secondary N) is 2. The lowest BCUT2D eigenvalue weighted by Gasteiger charge is -2.23. The van der Waals surface area contributed by atoms with Gasteiger partial charge in [0, 0.05) is 12.5 Å². The van der Waals surface area contributed by atoms with Crippen LogP contribution in [-0.4, -0.2) is 32.1 Å². The second-order valence-corrected chi connectivity index (χ2v) is 4.90. The van der Waals surface area contributed by atoms with Crippen LogP contribution in [-0.2, 0) is 11.2 Å². The Balaban J connectivity index is 0.00000200.